The van der Waals surface area contributed by atoms with Crippen LogP contribution in [0.25, 0.3) is 0 Å². The van der Waals surface area contributed by atoms with Gasteiger partial charge in [0.05, 0.1) is 12.5 Å². The van der Waals surface area contributed by atoms with Crippen molar-refractivity contribution in [2.45, 2.75) is 25.9 Å². The van der Waals surface area contributed by atoms with Gasteiger partial charge < -0.3 is 14.2 Å². The van der Waals surface area contributed by atoms with Crippen LogP contribution in [0, 0.1) is 5.92 Å². The number of ether oxygens (including phenoxy) is 1. The Kier molecular flexibility index (Phi) is 3.82. The molecule has 8 nitrogen and oxygen atoms in total. The molecular weight excluding hydrogens is 296 g/mol. The molecule has 8 heteroatoms. The molecule has 0 spiro atoms. The van der Waals surface area contributed by atoms with Crippen LogP contribution in [0.3, 0.4) is 0 Å². The Morgan fingerprint density at radius 3 is 3.04 bits per heavy atom. The first-order chi connectivity index (χ1) is 11.3. The molecule has 0 aliphatic carbocycles. The first-order valence-electron chi connectivity index (χ1n) is 8.06. The van der Waals surface area contributed by atoms with E-state index < -0.39 is 0 Å². The van der Waals surface area contributed by atoms with E-state index in [-0.39, 0.29) is 11.8 Å². The minimum absolute atomic E-state index is 0.0297. The minimum Gasteiger partial charge on any atom is -0.381 e. The second-order valence-corrected chi connectivity index (χ2v) is 6.02. The van der Waals surface area contributed by atoms with Gasteiger partial charge in [-0.25, -0.2) is 0 Å². The predicted octanol–water partition coefficient (Wildman–Crippen LogP) is -0.0559. The van der Waals surface area contributed by atoms with E-state index in [9.17, 15) is 4.79 Å². The molecule has 2 aliphatic rings. The van der Waals surface area contributed by atoms with Crippen LogP contribution in [0.15, 0.2) is 18.5 Å². The third-order valence-corrected chi connectivity index (χ3v) is 4.56. The lowest BCUT2D eigenvalue weighted by Crippen LogP contribution is -2.38. The maximum absolute atomic E-state index is 12.6. The van der Waals surface area contributed by atoms with Crippen LogP contribution in [0.2, 0.25) is 0 Å². The van der Waals surface area contributed by atoms with Crippen molar-refractivity contribution < 1.29 is 9.53 Å². The third-order valence-electron chi connectivity index (χ3n) is 4.56. The molecule has 1 amide bonds. The first kappa shape index (κ1) is 14.4. The van der Waals surface area contributed by atoms with E-state index in [4.69, 9.17) is 4.74 Å². The topological polar surface area (TPSA) is 78.1 Å². The molecule has 0 N–H and O–H groups in total. The molecule has 0 bridgehead atoms. The van der Waals surface area contributed by atoms with Crippen molar-refractivity contribution in [3.8, 4) is 0 Å². The first-order valence-corrected chi connectivity index (χ1v) is 8.06. The number of carbonyl (C=O) groups is 1. The molecule has 122 valence electrons. The highest BCUT2D eigenvalue weighted by atomic mass is 16.5. The number of hydrogen-bond acceptors (Lipinski definition) is 5. The molecule has 1 unspecified atom stereocenters. The van der Waals surface area contributed by atoms with E-state index >= 15 is 0 Å². The quantitative estimate of drug-likeness (QED) is 0.793. The highest BCUT2D eigenvalue weighted by Crippen LogP contribution is 2.18. The fraction of sp³-hybridized carbons (Fsp3) is 0.600. The van der Waals surface area contributed by atoms with Crippen LogP contribution < -0.4 is 0 Å². The second-order valence-electron chi connectivity index (χ2n) is 6.02. The Bertz CT molecular complexity index is 674. The number of nitrogens with zero attached hydrogens (tertiary/aromatic N) is 6. The summed E-state index contributed by atoms with van der Waals surface area (Å²) in [6.07, 6.45) is 5.25. The van der Waals surface area contributed by atoms with Gasteiger partial charge >= 0.3 is 0 Å². The molecule has 1 saturated heterocycles. The zero-order valence-corrected chi connectivity index (χ0v) is 13.0. The molecule has 0 radical (unpaired) electrons. The van der Waals surface area contributed by atoms with Gasteiger partial charge in [0, 0.05) is 45.1 Å². The monoisotopic (exact) mass is 316 g/mol. The molecule has 0 saturated carbocycles. The van der Waals surface area contributed by atoms with Crippen molar-refractivity contribution in [1.82, 2.24) is 29.4 Å². The van der Waals surface area contributed by atoms with E-state index in [1.54, 1.807) is 6.20 Å². The SMILES string of the molecule is O=C(C1CCOC1)N1CCc2nnc(Cn3cccn3)n2CC1. The largest absolute Gasteiger partial charge is 0.381 e. The number of aromatic nitrogens is 5. The van der Waals surface area contributed by atoms with Crippen LogP contribution in [0.5, 0.6) is 0 Å². The van der Waals surface area contributed by atoms with Gasteiger partial charge in [0.1, 0.15) is 12.4 Å². The van der Waals surface area contributed by atoms with E-state index in [1.165, 1.54) is 0 Å². The number of carbonyl (C=O) groups excluding carboxylic acids is 1. The third kappa shape index (κ3) is 2.86. The summed E-state index contributed by atoms with van der Waals surface area (Å²) in [5.74, 6) is 2.09. The smallest absolute Gasteiger partial charge is 0.228 e. The Morgan fingerprint density at radius 1 is 1.30 bits per heavy atom. The van der Waals surface area contributed by atoms with Gasteiger partial charge in [-0.15, -0.1) is 10.2 Å². The molecule has 1 atom stereocenters. The van der Waals surface area contributed by atoms with Gasteiger partial charge in [-0.1, -0.05) is 0 Å². The average molecular weight is 316 g/mol. The summed E-state index contributed by atoms with van der Waals surface area (Å²) < 4.78 is 9.30. The summed E-state index contributed by atoms with van der Waals surface area (Å²) in [6, 6.07) is 1.89. The maximum atomic E-state index is 12.6. The van der Waals surface area contributed by atoms with Gasteiger partial charge in [0.25, 0.3) is 0 Å². The molecule has 4 heterocycles. The lowest BCUT2D eigenvalue weighted by atomic mass is 10.1. The summed E-state index contributed by atoms with van der Waals surface area (Å²) in [5.41, 5.74) is 0. The minimum atomic E-state index is 0.0297. The standard InChI is InChI=1S/C15H20N6O2/c22-15(12-3-9-23-11-12)19-6-2-13-17-18-14(21(13)8-7-19)10-20-5-1-4-16-20/h1,4-5,12H,2-3,6-11H2. The van der Waals surface area contributed by atoms with Crippen molar-refractivity contribution in [2.24, 2.45) is 5.92 Å². The number of amides is 1. The summed E-state index contributed by atoms with van der Waals surface area (Å²) in [7, 11) is 0. The van der Waals surface area contributed by atoms with Gasteiger partial charge in [-0.3, -0.25) is 9.48 Å². The Morgan fingerprint density at radius 2 is 2.26 bits per heavy atom. The lowest BCUT2D eigenvalue weighted by molar-refractivity contribution is -0.135. The molecule has 1 fully saturated rings. The summed E-state index contributed by atoms with van der Waals surface area (Å²) in [5, 5.41) is 12.8. The van der Waals surface area contributed by atoms with Crippen molar-refractivity contribution in [1.29, 1.82) is 0 Å². The fourth-order valence-electron chi connectivity index (χ4n) is 3.25. The molecular formula is C15H20N6O2. The normalized spacial score (nSPS) is 21.2. The van der Waals surface area contributed by atoms with Gasteiger partial charge in [-0.2, -0.15) is 5.10 Å². The van der Waals surface area contributed by atoms with Gasteiger partial charge in [-0.05, 0) is 12.5 Å². The van der Waals surface area contributed by atoms with Crippen LogP contribution in [-0.4, -0.2) is 61.7 Å². The molecule has 2 aliphatic heterocycles. The van der Waals surface area contributed by atoms with Crippen molar-refractivity contribution >= 4 is 5.91 Å². The van der Waals surface area contributed by atoms with Crippen LogP contribution in [0.1, 0.15) is 18.1 Å². The van der Waals surface area contributed by atoms with E-state index in [0.29, 0.717) is 32.8 Å². The van der Waals surface area contributed by atoms with Crippen molar-refractivity contribution in [3.05, 3.63) is 30.1 Å². The zero-order valence-electron chi connectivity index (χ0n) is 13.0. The number of hydrogen-bond donors (Lipinski definition) is 0. The molecule has 23 heavy (non-hydrogen) atoms. The van der Waals surface area contributed by atoms with Crippen molar-refractivity contribution in [2.75, 3.05) is 26.3 Å². The predicted molar refractivity (Wildman–Crippen MR) is 80.6 cm³/mol. The Labute approximate surface area is 134 Å². The van der Waals surface area contributed by atoms with Crippen LogP contribution >= 0.6 is 0 Å². The molecule has 4 rings (SSSR count). The summed E-state index contributed by atoms with van der Waals surface area (Å²) in [6.45, 7) is 4.00. The Hall–Kier alpha value is -2.22. The van der Waals surface area contributed by atoms with Gasteiger partial charge in [0.15, 0.2) is 5.82 Å². The highest BCUT2D eigenvalue weighted by Gasteiger charge is 2.29. The number of fused-ring (bicyclic) bond motifs is 1. The Balaban J connectivity index is 1.46. The van der Waals surface area contributed by atoms with E-state index in [0.717, 1.165) is 31.0 Å². The van der Waals surface area contributed by atoms with E-state index in [1.807, 2.05) is 21.8 Å². The second kappa shape index (κ2) is 6.11. The summed E-state index contributed by atoms with van der Waals surface area (Å²) in [4.78, 5) is 14.5. The van der Waals surface area contributed by atoms with Crippen molar-refractivity contribution in [3.63, 3.8) is 0 Å². The molecule has 0 aromatic carbocycles. The highest BCUT2D eigenvalue weighted by molar-refractivity contribution is 5.79. The average Bonchev–Trinajstić information content (AvgIpc) is 3.29. The molecule has 2 aromatic heterocycles. The fourth-order valence-corrected chi connectivity index (χ4v) is 3.25. The maximum Gasteiger partial charge on any atom is 0.228 e. The van der Waals surface area contributed by atoms with Crippen LogP contribution in [0.4, 0.5) is 0 Å². The lowest BCUT2D eigenvalue weighted by Gasteiger charge is -2.23. The van der Waals surface area contributed by atoms with E-state index in [2.05, 4.69) is 19.9 Å². The number of rotatable bonds is 3. The zero-order chi connectivity index (χ0) is 15.6. The van der Waals surface area contributed by atoms with Crippen LogP contribution in [-0.2, 0) is 29.0 Å². The molecule has 2 aromatic rings. The summed E-state index contributed by atoms with van der Waals surface area (Å²) >= 11 is 0. The van der Waals surface area contributed by atoms with Gasteiger partial charge in [0.2, 0.25) is 5.91 Å².